The smallest absolute Gasteiger partial charge is 0.371 e. The summed E-state index contributed by atoms with van der Waals surface area (Å²) in [7, 11) is 0. The van der Waals surface area contributed by atoms with Gasteiger partial charge in [0.25, 0.3) is 0 Å². The third-order valence-electron chi connectivity index (χ3n) is 4.58. The number of carbonyl (C=O) groups excluding carboxylic acids is 1. The molecule has 1 amide bonds. The van der Waals surface area contributed by atoms with Crippen LogP contribution in [0.15, 0.2) is 40.8 Å². The van der Waals surface area contributed by atoms with Crippen LogP contribution in [-0.2, 0) is 16.8 Å². The van der Waals surface area contributed by atoms with Crippen LogP contribution < -0.4 is 5.32 Å². The minimum Gasteiger partial charge on any atom is -0.475 e. The van der Waals surface area contributed by atoms with Crippen molar-refractivity contribution < 1.29 is 23.5 Å². The molecule has 0 aliphatic heterocycles. The zero-order chi connectivity index (χ0) is 17.2. The monoisotopic (exact) mass is 331 g/mol. The van der Waals surface area contributed by atoms with E-state index in [0.717, 1.165) is 12.8 Å². The third kappa shape index (κ3) is 2.91. The Labute approximate surface area is 138 Å². The number of aromatic carboxylic acids is 1. The summed E-state index contributed by atoms with van der Waals surface area (Å²) in [6.45, 7) is 0.0717. The number of furan rings is 1. The Balaban J connectivity index is 1.78. The average molecular weight is 331 g/mol. The van der Waals surface area contributed by atoms with Crippen molar-refractivity contribution in [3.63, 3.8) is 0 Å². The van der Waals surface area contributed by atoms with Crippen LogP contribution in [0.25, 0.3) is 0 Å². The molecule has 0 unspecified atom stereocenters. The second-order valence-electron chi connectivity index (χ2n) is 6.02. The molecule has 1 heterocycles. The van der Waals surface area contributed by atoms with Gasteiger partial charge in [-0.05, 0) is 31.0 Å². The van der Waals surface area contributed by atoms with Gasteiger partial charge in [-0.1, -0.05) is 31.0 Å². The van der Waals surface area contributed by atoms with Gasteiger partial charge in [0.2, 0.25) is 11.7 Å². The summed E-state index contributed by atoms with van der Waals surface area (Å²) in [5.74, 6) is -1.61. The summed E-state index contributed by atoms with van der Waals surface area (Å²) in [4.78, 5) is 23.6. The Kier molecular flexibility index (Phi) is 4.38. The molecule has 6 heteroatoms. The van der Waals surface area contributed by atoms with Gasteiger partial charge in [0.15, 0.2) is 0 Å². The number of nitrogens with one attached hydrogen (secondary N) is 1. The van der Waals surface area contributed by atoms with Gasteiger partial charge in [0.1, 0.15) is 11.6 Å². The summed E-state index contributed by atoms with van der Waals surface area (Å²) in [5, 5.41) is 11.6. The van der Waals surface area contributed by atoms with Gasteiger partial charge < -0.3 is 14.8 Å². The molecule has 1 fully saturated rings. The Morgan fingerprint density at radius 3 is 2.50 bits per heavy atom. The molecule has 1 aliphatic rings. The number of carboxylic acids is 1. The quantitative estimate of drug-likeness (QED) is 0.881. The van der Waals surface area contributed by atoms with Crippen molar-refractivity contribution in [1.29, 1.82) is 0 Å². The van der Waals surface area contributed by atoms with Crippen LogP contribution in [0, 0.1) is 5.82 Å². The van der Waals surface area contributed by atoms with E-state index in [-0.39, 0.29) is 24.0 Å². The van der Waals surface area contributed by atoms with E-state index in [4.69, 9.17) is 9.52 Å². The highest BCUT2D eigenvalue weighted by Crippen LogP contribution is 2.42. The average Bonchev–Trinajstić information content (AvgIpc) is 3.23. The molecule has 0 bridgehead atoms. The lowest BCUT2D eigenvalue weighted by molar-refractivity contribution is -0.127. The fourth-order valence-corrected chi connectivity index (χ4v) is 3.37. The van der Waals surface area contributed by atoms with Crippen molar-refractivity contribution in [3.8, 4) is 0 Å². The van der Waals surface area contributed by atoms with Gasteiger partial charge in [0, 0.05) is 5.56 Å². The molecule has 1 aliphatic carbocycles. The lowest BCUT2D eigenvalue weighted by Gasteiger charge is -2.28. The lowest BCUT2D eigenvalue weighted by atomic mass is 9.77. The fraction of sp³-hybridized carbons (Fsp3) is 0.333. The number of rotatable bonds is 5. The van der Waals surface area contributed by atoms with E-state index in [2.05, 4.69) is 5.32 Å². The summed E-state index contributed by atoms with van der Waals surface area (Å²) in [5.41, 5.74) is -0.446. The van der Waals surface area contributed by atoms with Crippen LogP contribution in [0.2, 0.25) is 0 Å². The summed E-state index contributed by atoms with van der Waals surface area (Å²) < 4.78 is 19.4. The SMILES string of the molecule is O=C(O)c1ccc(CNC(=O)C2(c3ccccc3F)CCCC2)o1. The number of halogens is 1. The van der Waals surface area contributed by atoms with Crippen molar-refractivity contribution in [3.05, 3.63) is 59.3 Å². The minimum absolute atomic E-state index is 0.0717. The largest absolute Gasteiger partial charge is 0.475 e. The molecule has 5 nitrogen and oxygen atoms in total. The number of carboxylic acid groups (broad SMARTS) is 1. The maximum absolute atomic E-state index is 14.2. The van der Waals surface area contributed by atoms with Crippen LogP contribution in [-0.4, -0.2) is 17.0 Å². The number of carbonyl (C=O) groups is 2. The first-order chi connectivity index (χ1) is 11.5. The number of hydrogen-bond acceptors (Lipinski definition) is 3. The number of benzene rings is 1. The van der Waals surface area contributed by atoms with Crippen molar-refractivity contribution >= 4 is 11.9 Å². The van der Waals surface area contributed by atoms with Crippen LogP contribution in [0.4, 0.5) is 4.39 Å². The van der Waals surface area contributed by atoms with Gasteiger partial charge in [-0.3, -0.25) is 4.79 Å². The molecule has 1 aromatic carbocycles. The van der Waals surface area contributed by atoms with E-state index in [1.165, 1.54) is 18.2 Å². The Morgan fingerprint density at radius 2 is 1.88 bits per heavy atom. The van der Waals surface area contributed by atoms with Gasteiger partial charge in [0.05, 0.1) is 12.0 Å². The van der Waals surface area contributed by atoms with Crippen molar-refractivity contribution in [1.82, 2.24) is 5.32 Å². The standard InChI is InChI=1S/C18H18FNO4/c19-14-6-2-1-5-13(14)18(9-3-4-10-18)17(23)20-11-12-7-8-15(24-12)16(21)22/h1-2,5-8H,3-4,9-11H2,(H,20,23)(H,21,22). The van der Waals surface area contributed by atoms with Gasteiger partial charge in [-0.2, -0.15) is 0 Å². The van der Waals surface area contributed by atoms with Gasteiger partial charge in [-0.25, -0.2) is 9.18 Å². The molecule has 0 saturated heterocycles. The molecular formula is C18H18FNO4. The third-order valence-corrected chi connectivity index (χ3v) is 4.58. The fourth-order valence-electron chi connectivity index (χ4n) is 3.37. The van der Waals surface area contributed by atoms with Crippen LogP contribution in [0.5, 0.6) is 0 Å². The predicted octanol–water partition coefficient (Wildman–Crippen LogP) is 3.25. The van der Waals surface area contributed by atoms with Crippen LogP contribution >= 0.6 is 0 Å². The van der Waals surface area contributed by atoms with E-state index in [1.54, 1.807) is 18.2 Å². The zero-order valence-corrected chi connectivity index (χ0v) is 13.0. The van der Waals surface area contributed by atoms with Gasteiger partial charge >= 0.3 is 5.97 Å². The highest BCUT2D eigenvalue weighted by Gasteiger charge is 2.44. The molecule has 24 heavy (non-hydrogen) atoms. The molecule has 0 atom stereocenters. The molecule has 0 spiro atoms. The molecule has 1 aromatic heterocycles. The van der Waals surface area contributed by atoms with E-state index < -0.39 is 11.4 Å². The topological polar surface area (TPSA) is 79.5 Å². The maximum Gasteiger partial charge on any atom is 0.371 e. The molecule has 1 saturated carbocycles. The molecule has 126 valence electrons. The summed E-state index contributed by atoms with van der Waals surface area (Å²) in [6.07, 6.45) is 2.92. The molecular weight excluding hydrogens is 313 g/mol. The van der Waals surface area contributed by atoms with Gasteiger partial charge in [-0.15, -0.1) is 0 Å². The normalized spacial score (nSPS) is 16.0. The van der Waals surface area contributed by atoms with Crippen molar-refractivity contribution in [2.24, 2.45) is 0 Å². The Morgan fingerprint density at radius 1 is 1.17 bits per heavy atom. The van der Waals surface area contributed by atoms with E-state index in [0.29, 0.717) is 24.2 Å². The highest BCUT2D eigenvalue weighted by atomic mass is 19.1. The lowest BCUT2D eigenvalue weighted by Crippen LogP contribution is -2.42. The predicted molar refractivity (Wildman–Crippen MR) is 84.1 cm³/mol. The van der Waals surface area contributed by atoms with Crippen LogP contribution in [0.1, 0.15) is 47.6 Å². The second-order valence-corrected chi connectivity index (χ2v) is 6.02. The summed E-state index contributed by atoms with van der Waals surface area (Å²) >= 11 is 0. The first kappa shape index (κ1) is 16.2. The molecule has 3 rings (SSSR count). The van der Waals surface area contributed by atoms with E-state index in [9.17, 15) is 14.0 Å². The first-order valence-electron chi connectivity index (χ1n) is 7.88. The summed E-state index contributed by atoms with van der Waals surface area (Å²) in [6, 6.07) is 9.22. The second kappa shape index (κ2) is 6.47. The maximum atomic E-state index is 14.2. The van der Waals surface area contributed by atoms with E-state index >= 15 is 0 Å². The van der Waals surface area contributed by atoms with Crippen molar-refractivity contribution in [2.45, 2.75) is 37.6 Å². The Hall–Kier alpha value is -2.63. The first-order valence-corrected chi connectivity index (χ1v) is 7.88. The van der Waals surface area contributed by atoms with Crippen LogP contribution in [0.3, 0.4) is 0 Å². The molecule has 2 N–H and O–H groups in total. The Bertz CT molecular complexity index is 762. The molecule has 2 aromatic rings. The minimum atomic E-state index is -1.16. The van der Waals surface area contributed by atoms with E-state index in [1.807, 2.05) is 0 Å². The van der Waals surface area contributed by atoms with Crippen molar-refractivity contribution in [2.75, 3.05) is 0 Å². The molecule has 0 radical (unpaired) electrons. The number of amides is 1. The highest BCUT2D eigenvalue weighted by molar-refractivity contribution is 5.88. The zero-order valence-electron chi connectivity index (χ0n) is 13.0. The number of hydrogen-bond donors (Lipinski definition) is 2.